The summed E-state index contributed by atoms with van der Waals surface area (Å²) >= 11 is 0. The van der Waals surface area contributed by atoms with Gasteiger partial charge >= 0.3 is 0 Å². The van der Waals surface area contributed by atoms with E-state index in [-0.39, 0.29) is 11.6 Å². The van der Waals surface area contributed by atoms with Crippen LogP contribution in [0.25, 0.3) is 6.08 Å². The van der Waals surface area contributed by atoms with Crippen molar-refractivity contribution in [2.75, 3.05) is 43.4 Å². The van der Waals surface area contributed by atoms with Crippen molar-refractivity contribution in [1.82, 2.24) is 4.90 Å². The molecule has 0 unspecified atom stereocenters. The molecule has 3 rings (SSSR count). The molecule has 2 aromatic rings. The lowest BCUT2D eigenvalue weighted by molar-refractivity contribution is -0.384. The Labute approximate surface area is 164 Å². The number of piperazine rings is 1. The van der Waals surface area contributed by atoms with Gasteiger partial charge in [0.1, 0.15) is 0 Å². The highest BCUT2D eigenvalue weighted by molar-refractivity contribution is 6.02. The summed E-state index contributed by atoms with van der Waals surface area (Å²) < 4.78 is 0. The van der Waals surface area contributed by atoms with Crippen LogP contribution in [0.2, 0.25) is 0 Å². The number of carbonyl (C=O) groups is 1. The van der Waals surface area contributed by atoms with Crippen molar-refractivity contribution in [2.45, 2.75) is 6.92 Å². The summed E-state index contributed by atoms with van der Waals surface area (Å²) in [6.07, 6.45) is 3.06. The molecule has 0 aliphatic carbocycles. The van der Waals surface area contributed by atoms with E-state index in [1.165, 1.54) is 23.9 Å². The van der Waals surface area contributed by atoms with Gasteiger partial charge in [0, 0.05) is 55.8 Å². The molecule has 1 aliphatic heterocycles. The van der Waals surface area contributed by atoms with Crippen LogP contribution in [-0.4, -0.2) is 49.0 Å². The van der Waals surface area contributed by atoms with Crippen molar-refractivity contribution < 1.29 is 9.72 Å². The van der Waals surface area contributed by atoms with Crippen LogP contribution < -0.4 is 10.2 Å². The first-order chi connectivity index (χ1) is 13.4. The van der Waals surface area contributed by atoms with Crippen LogP contribution in [0.3, 0.4) is 0 Å². The normalized spacial score (nSPS) is 15.0. The largest absolute Gasteiger partial charge is 0.369 e. The first-order valence-corrected chi connectivity index (χ1v) is 9.20. The van der Waals surface area contributed by atoms with Crippen LogP contribution in [0.4, 0.5) is 17.1 Å². The summed E-state index contributed by atoms with van der Waals surface area (Å²) in [4.78, 5) is 27.1. The first-order valence-electron chi connectivity index (χ1n) is 9.20. The number of hydrogen-bond acceptors (Lipinski definition) is 5. The zero-order valence-electron chi connectivity index (χ0n) is 16.1. The molecule has 7 nitrogen and oxygen atoms in total. The van der Waals surface area contributed by atoms with Crippen LogP contribution in [0.15, 0.2) is 48.5 Å². The number of non-ortho nitro benzene ring substituents is 1. The highest BCUT2D eigenvalue weighted by Crippen LogP contribution is 2.23. The van der Waals surface area contributed by atoms with Crippen LogP contribution >= 0.6 is 0 Å². The van der Waals surface area contributed by atoms with Gasteiger partial charge in [-0.25, -0.2) is 0 Å². The molecule has 0 atom stereocenters. The Hall–Kier alpha value is -3.19. The number of nitrogens with one attached hydrogen (secondary N) is 1. The average molecular weight is 380 g/mol. The molecular weight excluding hydrogens is 356 g/mol. The Morgan fingerprint density at radius 3 is 2.39 bits per heavy atom. The molecule has 1 N–H and O–H groups in total. The van der Waals surface area contributed by atoms with Gasteiger partial charge in [-0.1, -0.05) is 0 Å². The van der Waals surface area contributed by atoms with E-state index in [0.717, 1.165) is 43.0 Å². The van der Waals surface area contributed by atoms with Crippen molar-refractivity contribution in [2.24, 2.45) is 0 Å². The van der Waals surface area contributed by atoms with Gasteiger partial charge in [0.15, 0.2) is 0 Å². The molecule has 1 heterocycles. The maximum atomic E-state index is 12.2. The maximum Gasteiger partial charge on any atom is 0.269 e. The Kier molecular flexibility index (Phi) is 6.06. The smallest absolute Gasteiger partial charge is 0.269 e. The van der Waals surface area contributed by atoms with Crippen molar-refractivity contribution in [3.63, 3.8) is 0 Å². The van der Waals surface area contributed by atoms with E-state index in [1.54, 1.807) is 18.2 Å². The Morgan fingerprint density at radius 2 is 1.79 bits per heavy atom. The van der Waals surface area contributed by atoms with Crippen LogP contribution in [0.5, 0.6) is 0 Å². The molecule has 0 aromatic heterocycles. The molecule has 28 heavy (non-hydrogen) atoms. The SMILES string of the molecule is Cc1cc(N2CCN(C)CC2)ccc1NC(=O)/C=C/c1ccc([N+](=O)[O-])cc1. The molecule has 1 amide bonds. The standard InChI is InChI=1S/C21H24N4O3/c1-16-15-19(24-13-11-23(2)12-14-24)8-9-20(16)22-21(26)10-5-17-3-6-18(7-4-17)25(27)28/h3-10,15H,11-14H2,1-2H3,(H,22,26)/b10-5+. The van der Waals surface area contributed by atoms with Crippen molar-refractivity contribution in [3.05, 3.63) is 69.8 Å². The summed E-state index contributed by atoms with van der Waals surface area (Å²) in [5.74, 6) is -0.242. The van der Waals surface area contributed by atoms with Gasteiger partial charge in [0.2, 0.25) is 5.91 Å². The second kappa shape index (κ2) is 8.67. The highest BCUT2D eigenvalue weighted by atomic mass is 16.6. The highest BCUT2D eigenvalue weighted by Gasteiger charge is 2.15. The average Bonchev–Trinajstić information content (AvgIpc) is 2.69. The van der Waals surface area contributed by atoms with Gasteiger partial charge in [-0.3, -0.25) is 14.9 Å². The summed E-state index contributed by atoms with van der Waals surface area (Å²) in [6.45, 7) is 6.07. The predicted molar refractivity (Wildman–Crippen MR) is 112 cm³/mol. The third-order valence-corrected chi connectivity index (χ3v) is 4.87. The number of nitro groups is 1. The van der Waals surface area contributed by atoms with Crippen molar-refractivity contribution in [1.29, 1.82) is 0 Å². The number of aryl methyl sites for hydroxylation is 1. The number of likely N-dealkylation sites (N-methyl/N-ethyl adjacent to an activating group) is 1. The van der Waals surface area contributed by atoms with E-state index in [1.807, 2.05) is 19.1 Å². The summed E-state index contributed by atoms with van der Waals surface area (Å²) in [7, 11) is 2.13. The number of anilines is 2. The van der Waals surface area contributed by atoms with Crippen molar-refractivity contribution >= 4 is 29.0 Å². The molecule has 2 aromatic carbocycles. The summed E-state index contributed by atoms with van der Waals surface area (Å²) in [5, 5.41) is 13.6. The monoisotopic (exact) mass is 380 g/mol. The zero-order chi connectivity index (χ0) is 20.1. The number of hydrogen-bond donors (Lipinski definition) is 1. The number of rotatable bonds is 5. The lowest BCUT2D eigenvalue weighted by atomic mass is 10.1. The predicted octanol–water partition coefficient (Wildman–Crippen LogP) is 3.31. The number of amides is 1. The minimum atomic E-state index is -0.450. The van der Waals surface area contributed by atoms with E-state index in [2.05, 4.69) is 28.2 Å². The lowest BCUT2D eigenvalue weighted by Gasteiger charge is -2.34. The lowest BCUT2D eigenvalue weighted by Crippen LogP contribution is -2.44. The van der Waals surface area contributed by atoms with Crippen LogP contribution in [0.1, 0.15) is 11.1 Å². The quantitative estimate of drug-likeness (QED) is 0.489. The second-order valence-electron chi connectivity index (χ2n) is 6.96. The summed E-state index contributed by atoms with van der Waals surface area (Å²) in [5.41, 5.74) is 3.70. The molecular formula is C21H24N4O3. The van der Waals surface area contributed by atoms with Gasteiger partial charge in [-0.15, -0.1) is 0 Å². The third kappa shape index (κ3) is 4.95. The van der Waals surface area contributed by atoms with Gasteiger partial charge in [-0.05, 0) is 61.5 Å². The number of nitro benzene ring substituents is 1. The fourth-order valence-electron chi connectivity index (χ4n) is 3.10. The van der Waals surface area contributed by atoms with E-state index >= 15 is 0 Å². The first kappa shape index (κ1) is 19.6. The second-order valence-corrected chi connectivity index (χ2v) is 6.96. The molecule has 1 aliphatic rings. The van der Waals surface area contributed by atoms with Gasteiger partial charge in [0.05, 0.1) is 4.92 Å². The van der Waals surface area contributed by atoms with Gasteiger partial charge < -0.3 is 15.1 Å². The Balaban J connectivity index is 1.61. The van der Waals surface area contributed by atoms with Crippen molar-refractivity contribution in [3.8, 4) is 0 Å². The fourth-order valence-corrected chi connectivity index (χ4v) is 3.10. The van der Waals surface area contributed by atoms with E-state index in [4.69, 9.17) is 0 Å². The van der Waals surface area contributed by atoms with E-state index in [9.17, 15) is 14.9 Å². The molecule has 0 bridgehead atoms. The zero-order valence-corrected chi connectivity index (χ0v) is 16.1. The molecule has 7 heteroatoms. The maximum absolute atomic E-state index is 12.2. The minimum absolute atomic E-state index is 0.0256. The third-order valence-electron chi connectivity index (χ3n) is 4.87. The fraction of sp³-hybridized carbons (Fsp3) is 0.286. The Morgan fingerprint density at radius 1 is 1.11 bits per heavy atom. The molecule has 1 fully saturated rings. The Bertz CT molecular complexity index is 885. The topological polar surface area (TPSA) is 78.7 Å². The molecule has 0 saturated carbocycles. The van der Waals surface area contributed by atoms with E-state index < -0.39 is 4.92 Å². The minimum Gasteiger partial charge on any atom is -0.369 e. The molecule has 0 radical (unpaired) electrons. The van der Waals surface area contributed by atoms with Gasteiger partial charge in [-0.2, -0.15) is 0 Å². The number of carbonyl (C=O) groups excluding carboxylic acids is 1. The van der Waals surface area contributed by atoms with Crippen LogP contribution in [0, 0.1) is 17.0 Å². The number of benzene rings is 2. The molecule has 1 saturated heterocycles. The van der Waals surface area contributed by atoms with Crippen LogP contribution in [-0.2, 0) is 4.79 Å². The number of nitrogens with zero attached hydrogens (tertiary/aromatic N) is 3. The molecule has 146 valence electrons. The molecule has 0 spiro atoms. The van der Waals surface area contributed by atoms with Gasteiger partial charge in [0.25, 0.3) is 5.69 Å². The van der Waals surface area contributed by atoms with E-state index in [0.29, 0.717) is 0 Å². The summed E-state index contributed by atoms with van der Waals surface area (Å²) in [6, 6.07) is 12.1.